The summed E-state index contributed by atoms with van der Waals surface area (Å²) in [6, 6.07) is 12.3. The average Bonchev–Trinajstić information content (AvgIpc) is 3.14. The first-order valence-electron chi connectivity index (χ1n) is 8.45. The fourth-order valence-electron chi connectivity index (χ4n) is 2.65. The highest BCUT2D eigenvalue weighted by atomic mass is 16.5. The van der Waals surface area contributed by atoms with Gasteiger partial charge in [0.1, 0.15) is 0 Å². The molecule has 6 heteroatoms. The lowest BCUT2D eigenvalue weighted by Gasteiger charge is -2.05. The van der Waals surface area contributed by atoms with Crippen LogP contribution in [0.2, 0.25) is 0 Å². The predicted molar refractivity (Wildman–Crippen MR) is 102 cm³/mol. The zero-order valence-corrected chi connectivity index (χ0v) is 15.2. The van der Waals surface area contributed by atoms with Crippen molar-refractivity contribution in [3.05, 3.63) is 65.0 Å². The van der Waals surface area contributed by atoms with E-state index in [0.29, 0.717) is 23.7 Å². The summed E-state index contributed by atoms with van der Waals surface area (Å²) in [4.78, 5) is 0. The van der Waals surface area contributed by atoms with E-state index in [1.54, 1.807) is 24.3 Å². The van der Waals surface area contributed by atoms with Crippen LogP contribution in [0.4, 0.5) is 0 Å². The molecule has 0 bridgehead atoms. The van der Waals surface area contributed by atoms with Crippen LogP contribution in [0.15, 0.2) is 47.0 Å². The minimum Gasteiger partial charge on any atom is -0.504 e. The largest absolute Gasteiger partial charge is 0.504 e. The monoisotopic (exact) mass is 367 g/mol. The number of rotatable bonds is 7. The van der Waals surface area contributed by atoms with Crippen molar-refractivity contribution in [2.45, 2.75) is 12.8 Å². The van der Waals surface area contributed by atoms with Crippen molar-refractivity contribution in [1.82, 2.24) is 5.16 Å². The molecule has 0 amide bonds. The number of hydrogen-bond donors (Lipinski definition) is 2. The van der Waals surface area contributed by atoms with Gasteiger partial charge < -0.3 is 24.2 Å². The van der Waals surface area contributed by atoms with Gasteiger partial charge in [-0.1, -0.05) is 23.4 Å². The second-order valence-corrected chi connectivity index (χ2v) is 5.99. The fourth-order valence-corrected chi connectivity index (χ4v) is 2.65. The summed E-state index contributed by atoms with van der Waals surface area (Å²) in [5, 5.41) is 23.3. The highest BCUT2D eigenvalue weighted by Gasteiger charge is 2.06. The van der Waals surface area contributed by atoms with Crippen molar-refractivity contribution in [3.8, 4) is 23.0 Å². The minimum absolute atomic E-state index is 0.0995. The number of phenolic OH excluding ortho intramolecular Hbond substituents is 2. The van der Waals surface area contributed by atoms with E-state index < -0.39 is 0 Å². The van der Waals surface area contributed by atoms with Crippen molar-refractivity contribution in [2.75, 3.05) is 14.2 Å². The third-order valence-corrected chi connectivity index (χ3v) is 4.13. The lowest BCUT2D eigenvalue weighted by atomic mass is 10.1. The van der Waals surface area contributed by atoms with Gasteiger partial charge in [0.25, 0.3) is 0 Å². The number of ether oxygens (including phenoxy) is 2. The molecule has 1 heterocycles. The molecule has 3 aromatic rings. The van der Waals surface area contributed by atoms with Gasteiger partial charge in [0.2, 0.25) is 0 Å². The number of aryl methyl sites for hydroxylation is 2. The Balaban J connectivity index is 1.63. The lowest BCUT2D eigenvalue weighted by molar-refractivity contribution is 0.373. The molecule has 0 unspecified atom stereocenters. The number of nitrogens with zero attached hydrogens (tertiary/aromatic N) is 1. The van der Waals surface area contributed by atoms with Crippen LogP contribution in [0.5, 0.6) is 23.0 Å². The summed E-state index contributed by atoms with van der Waals surface area (Å²) < 4.78 is 15.6. The van der Waals surface area contributed by atoms with E-state index in [-0.39, 0.29) is 11.5 Å². The molecule has 2 aromatic carbocycles. The number of hydrogen-bond acceptors (Lipinski definition) is 6. The molecule has 0 atom stereocenters. The van der Waals surface area contributed by atoms with E-state index in [9.17, 15) is 10.2 Å². The highest BCUT2D eigenvalue weighted by Crippen LogP contribution is 2.28. The van der Waals surface area contributed by atoms with E-state index >= 15 is 0 Å². The Morgan fingerprint density at radius 3 is 2.33 bits per heavy atom. The van der Waals surface area contributed by atoms with E-state index in [1.807, 2.05) is 30.4 Å². The second-order valence-electron chi connectivity index (χ2n) is 5.99. The van der Waals surface area contributed by atoms with Gasteiger partial charge in [0.15, 0.2) is 28.8 Å². The lowest BCUT2D eigenvalue weighted by Crippen LogP contribution is -1.93. The first-order chi connectivity index (χ1) is 13.1. The molecule has 0 aliphatic heterocycles. The van der Waals surface area contributed by atoms with Crippen molar-refractivity contribution in [2.24, 2.45) is 0 Å². The topological polar surface area (TPSA) is 85.0 Å². The Morgan fingerprint density at radius 2 is 1.59 bits per heavy atom. The van der Waals surface area contributed by atoms with Gasteiger partial charge in [-0.15, -0.1) is 0 Å². The Morgan fingerprint density at radius 1 is 0.889 bits per heavy atom. The molecule has 0 fully saturated rings. The molecule has 0 saturated heterocycles. The zero-order chi connectivity index (χ0) is 19.2. The summed E-state index contributed by atoms with van der Waals surface area (Å²) in [5.74, 6) is 1.74. The van der Waals surface area contributed by atoms with E-state index in [2.05, 4.69) is 5.16 Å². The molecular weight excluding hydrogens is 346 g/mol. The fraction of sp³-hybridized carbons (Fsp3) is 0.190. The Kier molecular flexibility index (Phi) is 5.66. The molecule has 3 rings (SSSR count). The summed E-state index contributed by atoms with van der Waals surface area (Å²) in [6.45, 7) is 0. The van der Waals surface area contributed by atoms with E-state index in [1.165, 1.54) is 14.2 Å². The molecule has 6 nitrogen and oxygen atoms in total. The molecule has 27 heavy (non-hydrogen) atoms. The van der Waals surface area contributed by atoms with Crippen LogP contribution in [0.25, 0.3) is 12.2 Å². The quantitative estimate of drug-likeness (QED) is 0.655. The van der Waals surface area contributed by atoms with Gasteiger partial charge in [0, 0.05) is 6.07 Å². The van der Waals surface area contributed by atoms with Crippen molar-refractivity contribution < 1.29 is 24.2 Å². The van der Waals surface area contributed by atoms with Crippen LogP contribution in [-0.2, 0) is 12.8 Å². The van der Waals surface area contributed by atoms with Gasteiger partial charge in [0.05, 0.1) is 19.9 Å². The Bertz CT molecular complexity index is 945. The van der Waals surface area contributed by atoms with Crippen LogP contribution in [-0.4, -0.2) is 29.6 Å². The number of methoxy groups -OCH3 is 2. The first kappa shape index (κ1) is 18.4. The van der Waals surface area contributed by atoms with E-state index in [4.69, 9.17) is 14.0 Å². The predicted octanol–water partition coefficient (Wildman–Crippen LogP) is 4.06. The standard InChI is InChI=1S/C21H21NO5/c1-25-20-11-14(5-9-18(20)23)3-7-16-13-17(27-22-16)8-4-15-6-10-19(24)21(12-15)26-2/h4-6,8-13,23-24H,3,7H2,1-2H3/b8-4+. The van der Waals surface area contributed by atoms with Crippen LogP contribution in [0.1, 0.15) is 22.6 Å². The molecule has 0 radical (unpaired) electrons. The van der Waals surface area contributed by atoms with Gasteiger partial charge in [-0.3, -0.25) is 0 Å². The van der Waals surface area contributed by atoms with Crippen molar-refractivity contribution in [1.29, 1.82) is 0 Å². The average molecular weight is 367 g/mol. The number of aromatic hydroxyl groups is 2. The van der Waals surface area contributed by atoms with Gasteiger partial charge >= 0.3 is 0 Å². The molecule has 0 spiro atoms. The smallest absolute Gasteiger partial charge is 0.161 e. The third kappa shape index (κ3) is 4.61. The molecule has 2 N–H and O–H groups in total. The van der Waals surface area contributed by atoms with Crippen molar-refractivity contribution >= 4 is 12.2 Å². The summed E-state index contributed by atoms with van der Waals surface area (Å²) in [7, 11) is 3.04. The molecule has 1 aromatic heterocycles. The first-order valence-corrected chi connectivity index (χ1v) is 8.45. The molecule has 0 aliphatic rings. The molecule has 0 saturated carbocycles. The van der Waals surface area contributed by atoms with Crippen LogP contribution in [0, 0.1) is 0 Å². The maximum atomic E-state index is 9.64. The van der Waals surface area contributed by atoms with Gasteiger partial charge in [-0.2, -0.15) is 0 Å². The van der Waals surface area contributed by atoms with Crippen LogP contribution < -0.4 is 9.47 Å². The molecule has 140 valence electrons. The van der Waals surface area contributed by atoms with Gasteiger partial charge in [-0.25, -0.2) is 0 Å². The normalized spacial score (nSPS) is 11.0. The third-order valence-electron chi connectivity index (χ3n) is 4.13. The zero-order valence-electron chi connectivity index (χ0n) is 15.2. The second kappa shape index (κ2) is 8.31. The minimum atomic E-state index is 0.0995. The maximum Gasteiger partial charge on any atom is 0.161 e. The Labute approximate surface area is 157 Å². The van der Waals surface area contributed by atoms with Gasteiger partial charge in [-0.05, 0) is 54.3 Å². The van der Waals surface area contributed by atoms with Crippen LogP contribution in [0.3, 0.4) is 0 Å². The molecule has 0 aliphatic carbocycles. The number of phenols is 2. The molecular formula is C21H21NO5. The highest BCUT2D eigenvalue weighted by molar-refractivity contribution is 5.69. The van der Waals surface area contributed by atoms with E-state index in [0.717, 1.165) is 23.2 Å². The van der Waals surface area contributed by atoms with Crippen LogP contribution >= 0.6 is 0 Å². The number of benzene rings is 2. The Hall–Kier alpha value is -3.41. The summed E-state index contributed by atoms with van der Waals surface area (Å²) in [5.41, 5.74) is 2.75. The summed E-state index contributed by atoms with van der Waals surface area (Å²) >= 11 is 0. The maximum absolute atomic E-state index is 9.64. The summed E-state index contributed by atoms with van der Waals surface area (Å²) in [6.07, 6.45) is 5.13. The van der Waals surface area contributed by atoms with Crippen molar-refractivity contribution in [3.63, 3.8) is 0 Å². The number of aromatic nitrogens is 1. The SMILES string of the molecule is COc1cc(/C=C/c2cc(CCc3ccc(O)c(OC)c3)no2)ccc1O.